The second-order valence-electron chi connectivity index (χ2n) is 11.5. The molecule has 0 spiro atoms. The van der Waals surface area contributed by atoms with Gasteiger partial charge in [-0.1, -0.05) is 108 Å². The van der Waals surface area contributed by atoms with Gasteiger partial charge in [0.05, 0.1) is 6.10 Å². The van der Waals surface area contributed by atoms with E-state index in [9.17, 15) is 0 Å². The van der Waals surface area contributed by atoms with Gasteiger partial charge >= 0.3 is 0 Å². The molecule has 0 unspecified atom stereocenters. The Labute approximate surface area is 194 Å². The molecule has 0 radical (unpaired) electrons. The molecular formula is C29H48OSi. The average Bonchev–Trinajstić information content (AvgIpc) is 2.91. The van der Waals surface area contributed by atoms with Crippen molar-refractivity contribution in [2.75, 3.05) is 0 Å². The van der Waals surface area contributed by atoms with Gasteiger partial charge in [0, 0.05) is 0 Å². The van der Waals surface area contributed by atoms with Crippen molar-refractivity contribution < 1.29 is 4.43 Å². The van der Waals surface area contributed by atoms with Crippen molar-refractivity contribution in [2.45, 2.75) is 104 Å². The molecule has 0 heterocycles. The summed E-state index contributed by atoms with van der Waals surface area (Å²) < 4.78 is 6.87. The van der Waals surface area contributed by atoms with Gasteiger partial charge in [-0.3, -0.25) is 0 Å². The maximum atomic E-state index is 6.87. The summed E-state index contributed by atoms with van der Waals surface area (Å²) in [5, 5.41) is 0.243. The second kappa shape index (κ2) is 11.1. The highest BCUT2D eigenvalue weighted by Gasteiger charge is 2.39. The molecule has 1 aliphatic rings. The van der Waals surface area contributed by atoms with E-state index in [0.29, 0.717) is 17.8 Å². The van der Waals surface area contributed by atoms with E-state index < -0.39 is 8.32 Å². The standard InChI is InChI=1S/C29H48OSi/c1-10-11-12-16-26(30-31(8,9)29(5,6)7)17-18-27-23(3)20-24(4)28(27)21-25-15-13-14-22(2)19-25/h13-15,17-19,23,26-28H,4,10-12,16,20-21H2,1-3,5-9H3/b18-17+/t23-,26+,27+,28+/m1/s1. The van der Waals surface area contributed by atoms with Gasteiger partial charge in [0.15, 0.2) is 8.32 Å². The Hall–Kier alpha value is -1.12. The van der Waals surface area contributed by atoms with E-state index in [1.54, 1.807) is 0 Å². The van der Waals surface area contributed by atoms with Crippen LogP contribution in [0.25, 0.3) is 0 Å². The SMILES string of the molecule is C=C1C[C@@H](C)[C@H](/C=C/[C@H](CCCCC)O[Si](C)(C)C(C)(C)C)[C@H]1Cc1cccc(C)c1. The zero-order valence-electron chi connectivity index (χ0n) is 21.6. The van der Waals surface area contributed by atoms with E-state index in [2.05, 4.69) is 97.6 Å². The van der Waals surface area contributed by atoms with Crippen molar-refractivity contribution in [3.05, 3.63) is 59.7 Å². The lowest BCUT2D eigenvalue weighted by molar-refractivity contribution is 0.209. The van der Waals surface area contributed by atoms with Crippen LogP contribution in [-0.4, -0.2) is 14.4 Å². The second-order valence-corrected chi connectivity index (χ2v) is 16.3. The van der Waals surface area contributed by atoms with Crippen LogP contribution in [0.5, 0.6) is 0 Å². The number of benzene rings is 1. The minimum absolute atomic E-state index is 0.243. The zero-order valence-corrected chi connectivity index (χ0v) is 22.6. The Balaban J connectivity index is 2.18. The molecule has 4 atom stereocenters. The maximum absolute atomic E-state index is 6.87. The lowest BCUT2D eigenvalue weighted by Gasteiger charge is -2.39. The van der Waals surface area contributed by atoms with Gasteiger partial charge < -0.3 is 4.43 Å². The van der Waals surface area contributed by atoms with Gasteiger partial charge in [-0.15, -0.1) is 0 Å². The largest absolute Gasteiger partial charge is 0.411 e. The first-order valence-corrected chi connectivity index (χ1v) is 15.4. The first-order valence-electron chi connectivity index (χ1n) is 12.5. The van der Waals surface area contributed by atoms with Crippen molar-refractivity contribution in [3.63, 3.8) is 0 Å². The number of aryl methyl sites for hydroxylation is 1. The smallest absolute Gasteiger partial charge is 0.192 e. The predicted octanol–water partition coefficient (Wildman–Crippen LogP) is 8.89. The van der Waals surface area contributed by atoms with Crippen LogP contribution in [0.1, 0.15) is 77.8 Å². The molecule has 174 valence electrons. The normalized spacial score (nSPS) is 23.6. The highest BCUT2D eigenvalue weighted by atomic mass is 28.4. The van der Waals surface area contributed by atoms with Crippen LogP contribution >= 0.6 is 0 Å². The monoisotopic (exact) mass is 440 g/mol. The highest BCUT2D eigenvalue weighted by Crippen LogP contribution is 2.43. The van der Waals surface area contributed by atoms with Gasteiger partial charge in [-0.2, -0.15) is 0 Å². The third-order valence-electron chi connectivity index (χ3n) is 7.66. The van der Waals surface area contributed by atoms with Crippen LogP contribution in [-0.2, 0) is 10.8 Å². The van der Waals surface area contributed by atoms with Crippen LogP contribution in [0.15, 0.2) is 48.6 Å². The molecule has 1 fully saturated rings. The van der Waals surface area contributed by atoms with E-state index in [1.807, 2.05) is 0 Å². The summed E-state index contributed by atoms with van der Waals surface area (Å²) in [7, 11) is -1.79. The average molecular weight is 441 g/mol. The Bertz CT molecular complexity index is 739. The molecule has 1 aliphatic carbocycles. The van der Waals surface area contributed by atoms with Crippen molar-refractivity contribution in [1.29, 1.82) is 0 Å². The Kier molecular flexibility index (Phi) is 9.39. The molecule has 2 rings (SSSR count). The molecule has 0 amide bonds. The molecule has 1 saturated carbocycles. The number of unbranched alkanes of at least 4 members (excludes halogenated alkanes) is 2. The van der Waals surface area contributed by atoms with Gasteiger partial charge in [-0.05, 0) is 67.6 Å². The van der Waals surface area contributed by atoms with Crippen molar-refractivity contribution in [3.8, 4) is 0 Å². The summed E-state index contributed by atoms with van der Waals surface area (Å²) in [4.78, 5) is 0. The number of hydrogen-bond donors (Lipinski definition) is 0. The molecule has 1 nitrogen and oxygen atoms in total. The van der Waals surface area contributed by atoms with E-state index in [1.165, 1.54) is 36.0 Å². The fourth-order valence-electron chi connectivity index (χ4n) is 4.66. The van der Waals surface area contributed by atoms with Gasteiger partial charge in [0.2, 0.25) is 0 Å². The molecule has 0 N–H and O–H groups in total. The third kappa shape index (κ3) is 7.46. The summed E-state index contributed by atoms with van der Waals surface area (Å²) >= 11 is 0. The minimum Gasteiger partial charge on any atom is -0.411 e. The van der Waals surface area contributed by atoms with E-state index in [-0.39, 0.29) is 11.1 Å². The lowest BCUT2D eigenvalue weighted by Crippen LogP contribution is -2.43. The molecule has 0 saturated heterocycles. The van der Waals surface area contributed by atoms with Crippen LogP contribution in [0.2, 0.25) is 18.1 Å². The van der Waals surface area contributed by atoms with Crippen LogP contribution < -0.4 is 0 Å². The fraction of sp³-hybridized carbons (Fsp3) is 0.655. The first kappa shape index (κ1) is 26.1. The molecule has 1 aromatic carbocycles. The highest BCUT2D eigenvalue weighted by molar-refractivity contribution is 6.74. The van der Waals surface area contributed by atoms with Crippen LogP contribution in [0, 0.1) is 24.7 Å². The van der Waals surface area contributed by atoms with E-state index >= 15 is 0 Å². The molecular weight excluding hydrogens is 392 g/mol. The summed E-state index contributed by atoms with van der Waals surface area (Å²) in [5.41, 5.74) is 4.21. The Morgan fingerprint density at radius 1 is 1.23 bits per heavy atom. The molecule has 2 heteroatoms. The van der Waals surface area contributed by atoms with Crippen LogP contribution in [0.3, 0.4) is 0 Å². The van der Waals surface area contributed by atoms with Gasteiger partial charge in [0.25, 0.3) is 0 Å². The molecule has 31 heavy (non-hydrogen) atoms. The molecule has 0 bridgehead atoms. The van der Waals surface area contributed by atoms with Crippen molar-refractivity contribution in [1.82, 2.24) is 0 Å². The first-order chi connectivity index (χ1) is 14.4. The number of rotatable bonds is 10. The number of hydrogen-bond acceptors (Lipinski definition) is 1. The third-order valence-corrected chi connectivity index (χ3v) is 12.2. The fourth-order valence-corrected chi connectivity index (χ4v) is 5.97. The van der Waals surface area contributed by atoms with E-state index in [0.717, 1.165) is 19.3 Å². The Morgan fingerprint density at radius 3 is 2.55 bits per heavy atom. The lowest BCUT2D eigenvalue weighted by atomic mass is 9.84. The quantitative estimate of drug-likeness (QED) is 0.200. The zero-order chi connectivity index (χ0) is 23.2. The van der Waals surface area contributed by atoms with Crippen LogP contribution in [0.4, 0.5) is 0 Å². The number of allylic oxidation sites excluding steroid dienone is 2. The van der Waals surface area contributed by atoms with Gasteiger partial charge in [0.1, 0.15) is 0 Å². The topological polar surface area (TPSA) is 9.23 Å². The summed E-state index contributed by atoms with van der Waals surface area (Å²) in [6.07, 6.45) is 12.4. The molecule has 1 aromatic rings. The molecule has 0 aromatic heterocycles. The predicted molar refractivity (Wildman–Crippen MR) is 140 cm³/mol. The summed E-state index contributed by atoms with van der Waals surface area (Å²) in [6.45, 7) is 23.1. The van der Waals surface area contributed by atoms with Gasteiger partial charge in [-0.25, -0.2) is 0 Å². The summed E-state index contributed by atoms with van der Waals surface area (Å²) in [6, 6.07) is 8.99. The minimum atomic E-state index is -1.79. The van der Waals surface area contributed by atoms with Crippen molar-refractivity contribution in [2.24, 2.45) is 17.8 Å². The maximum Gasteiger partial charge on any atom is 0.192 e. The summed E-state index contributed by atoms with van der Waals surface area (Å²) in [5.74, 6) is 1.75. The van der Waals surface area contributed by atoms with E-state index in [4.69, 9.17) is 4.43 Å². The van der Waals surface area contributed by atoms with Crippen molar-refractivity contribution >= 4 is 8.32 Å². The Morgan fingerprint density at radius 2 is 1.94 bits per heavy atom. The molecule has 0 aliphatic heterocycles.